The van der Waals surface area contributed by atoms with E-state index in [0.717, 1.165) is 6.29 Å². The molecular formula is C5H10N2O. The number of hydrogen-bond donors (Lipinski definition) is 1. The Morgan fingerprint density at radius 2 is 2.38 bits per heavy atom. The van der Waals surface area contributed by atoms with E-state index in [2.05, 4.69) is 10.3 Å². The molecule has 3 nitrogen and oxygen atoms in total. The molecule has 0 heterocycles. The van der Waals surface area contributed by atoms with Gasteiger partial charge in [-0.05, 0) is 7.05 Å². The molecule has 0 rings (SSSR count). The van der Waals surface area contributed by atoms with Crippen LogP contribution in [-0.4, -0.2) is 32.6 Å². The first-order chi connectivity index (χ1) is 3.85. The summed E-state index contributed by atoms with van der Waals surface area (Å²) < 4.78 is 0. The van der Waals surface area contributed by atoms with Gasteiger partial charge in [0.2, 0.25) is 0 Å². The van der Waals surface area contributed by atoms with Crippen LogP contribution in [0.5, 0.6) is 0 Å². The number of likely N-dealkylation sites (N-methyl/N-ethyl adjacent to an activating group) is 1. The van der Waals surface area contributed by atoms with E-state index in [1.807, 2.05) is 0 Å². The normalized spacial score (nSPS) is 14.2. The van der Waals surface area contributed by atoms with E-state index in [9.17, 15) is 4.79 Å². The maximum Gasteiger partial charge on any atom is 0.142 e. The van der Waals surface area contributed by atoms with Gasteiger partial charge in [0.25, 0.3) is 0 Å². The first kappa shape index (κ1) is 7.30. The summed E-state index contributed by atoms with van der Waals surface area (Å²) >= 11 is 0. The lowest BCUT2D eigenvalue weighted by Gasteiger charge is -1.97. The van der Waals surface area contributed by atoms with Gasteiger partial charge in [0, 0.05) is 13.3 Å². The van der Waals surface area contributed by atoms with E-state index in [1.165, 1.54) is 0 Å². The Hall–Kier alpha value is -0.700. The van der Waals surface area contributed by atoms with Crippen molar-refractivity contribution in [1.82, 2.24) is 5.32 Å². The largest absolute Gasteiger partial charge is 0.306 e. The Kier molecular flexibility index (Phi) is 4.07. The third-order valence-electron chi connectivity index (χ3n) is 0.790. The summed E-state index contributed by atoms with van der Waals surface area (Å²) in [4.78, 5) is 13.6. The summed E-state index contributed by atoms with van der Waals surface area (Å²) in [6.45, 7) is 0. The molecule has 1 N–H and O–H groups in total. The zero-order valence-electron chi connectivity index (χ0n) is 5.09. The zero-order valence-corrected chi connectivity index (χ0v) is 5.09. The smallest absolute Gasteiger partial charge is 0.142 e. The summed E-state index contributed by atoms with van der Waals surface area (Å²) in [7, 11) is 3.34. The van der Waals surface area contributed by atoms with Crippen LogP contribution in [0.4, 0.5) is 0 Å². The van der Waals surface area contributed by atoms with Gasteiger partial charge in [0.1, 0.15) is 6.29 Å². The summed E-state index contributed by atoms with van der Waals surface area (Å²) in [5, 5.41) is 2.74. The molecule has 0 aliphatic rings. The second-order valence-corrected chi connectivity index (χ2v) is 1.36. The van der Waals surface area contributed by atoms with Crippen LogP contribution in [0.15, 0.2) is 4.99 Å². The first-order valence-electron chi connectivity index (χ1n) is 2.40. The van der Waals surface area contributed by atoms with Crippen molar-refractivity contribution in [3.63, 3.8) is 0 Å². The number of hydrogen-bond acceptors (Lipinski definition) is 3. The van der Waals surface area contributed by atoms with E-state index in [4.69, 9.17) is 0 Å². The van der Waals surface area contributed by atoms with Crippen molar-refractivity contribution in [2.45, 2.75) is 6.04 Å². The molecular weight excluding hydrogens is 104 g/mol. The third-order valence-corrected chi connectivity index (χ3v) is 0.790. The van der Waals surface area contributed by atoms with Crippen LogP contribution in [0.25, 0.3) is 0 Å². The molecule has 0 aromatic rings. The average Bonchev–Trinajstić information content (AvgIpc) is 1.83. The van der Waals surface area contributed by atoms with Gasteiger partial charge in [-0.3, -0.25) is 4.99 Å². The van der Waals surface area contributed by atoms with Gasteiger partial charge in [-0.15, -0.1) is 0 Å². The first-order valence-corrected chi connectivity index (χ1v) is 2.40. The van der Waals surface area contributed by atoms with E-state index in [1.54, 1.807) is 20.3 Å². The lowest BCUT2D eigenvalue weighted by Crippen LogP contribution is -2.27. The maximum absolute atomic E-state index is 9.97. The minimum atomic E-state index is -0.222. The Morgan fingerprint density at radius 3 is 2.50 bits per heavy atom. The van der Waals surface area contributed by atoms with Crippen LogP contribution in [0.1, 0.15) is 0 Å². The predicted molar refractivity (Wildman–Crippen MR) is 33.3 cm³/mol. The molecule has 0 aromatic heterocycles. The second-order valence-electron chi connectivity index (χ2n) is 1.36. The highest BCUT2D eigenvalue weighted by Gasteiger charge is 1.94. The monoisotopic (exact) mass is 114 g/mol. The van der Waals surface area contributed by atoms with Crippen LogP contribution < -0.4 is 5.32 Å². The zero-order chi connectivity index (χ0) is 6.41. The highest BCUT2D eigenvalue weighted by molar-refractivity contribution is 5.85. The molecule has 3 heteroatoms. The van der Waals surface area contributed by atoms with Crippen molar-refractivity contribution in [3.8, 4) is 0 Å². The Morgan fingerprint density at radius 1 is 1.75 bits per heavy atom. The number of carbonyl (C=O) groups excluding carboxylic acids is 1. The summed E-state index contributed by atoms with van der Waals surface area (Å²) in [5.74, 6) is 0. The fourth-order valence-corrected chi connectivity index (χ4v) is 0.338. The molecule has 0 amide bonds. The van der Waals surface area contributed by atoms with Crippen molar-refractivity contribution in [3.05, 3.63) is 0 Å². The fraction of sp³-hybridized carbons (Fsp3) is 0.600. The standard InChI is InChI=1S/C5H10N2O/c1-6-3-5(4-8)7-2/h3-5,7H,1-2H3. The fourth-order valence-electron chi connectivity index (χ4n) is 0.338. The van der Waals surface area contributed by atoms with Crippen LogP contribution in [0.2, 0.25) is 0 Å². The molecule has 0 fully saturated rings. The quantitative estimate of drug-likeness (QED) is 0.396. The van der Waals surface area contributed by atoms with E-state index < -0.39 is 0 Å². The third kappa shape index (κ3) is 2.47. The van der Waals surface area contributed by atoms with E-state index in [-0.39, 0.29) is 6.04 Å². The van der Waals surface area contributed by atoms with Crippen LogP contribution >= 0.6 is 0 Å². The number of nitrogens with one attached hydrogen (secondary N) is 1. The van der Waals surface area contributed by atoms with Crippen molar-refractivity contribution in [2.75, 3.05) is 14.1 Å². The van der Waals surface area contributed by atoms with Gasteiger partial charge in [-0.1, -0.05) is 0 Å². The molecule has 0 bridgehead atoms. The topological polar surface area (TPSA) is 41.5 Å². The molecule has 0 radical (unpaired) electrons. The van der Waals surface area contributed by atoms with Gasteiger partial charge < -0.3 is 10.1 Å². The minimum Gasteiger partial charge on any atom is -0.306 e. The SMILES string of the molecule is CN=CC(C=O)NC. The van der Waals surface area contributed by atoms with E-state index >= 15 is 0 Å². The molecule has 0 aliphatic heterocycles. The molecule has 0 aromatic carbocycles. The summed E-state index contributed by atoms with van der Waals surface area (Å²) in [6, 6.07) is -0.222. The molecule has 0 spiro atoms. The number of aliphatic imine (C=N–C) groups is 1. The second kappa shape index (κ2) is 4.46. The molecule has 1 atom stereocenters. The lowest BCUT2D eigenvalue weighted by atomic mass is 10.4. The van der Waals surface area contributed by atoms with Gasteiger partial charge in [-0.25, -0.2) is 0 Å². The highest BCUT2D eigenvalue weighted by Crippen LogP contribution is 1.66. The Balaban J connectivity index is 3.52. The number of rotatable bonds is 3. The molecule has 46 valence electrons. The number of carbonyl (C=O) groups is 1. The van der Waals surface area contributed by atoms with Crippen molar-refractivity contribution in [1.29, 1.82) is 0 Å². The summed E-state index contributed by atoms with van der Waals surface area (Å²) in [5.41, 5.74) is 0. The van der Waals surface area contributed by atoms with Gasteiger partial charge in [0.15, 0.2) is 0 Å². The highest BCUT2D eigenvalue weighted by atomic mass is 16.1. The molecule has 8 heavy (non-hydrogen) atoms. The van der Waals surface area contributed by atoms with Gasteiger partial charge >= 0.3 is 0 Å². The van der Waals surface area contributed by atoms with Crippen molar-refractivity contribution in [2.24, 2.45) is 4.99 Å². The van der Waals surface area contributed by atoms with Gasteiger partial charge in [0.05, 0.1) is 6.04 Å². The lowest BCUT2D eigenvalue weighted by molar-refractivity contribution is -0.108. The predicted octanol–water partition coefficient (Wildman–Crippen LogP) is -0.526. The van der Waals surface area contributed by atoms with Crippen LogP contribution in [0.3, 0.4) is 0 Å². The van der Waals surface area contributed by atoms with E-state index in [0.29, 0.717) is 0 Å². The molecule has 0 saturated heterocycles. The number of aldehydes is 1. The number of nitrogens with zero attached hydrogens (tertiary/aromatic N) is 1. The molecule has 0 aliphatic carbocycles. The van der Waals surface area contributed by atoms with Crippen LogP contribution in [-0.2, 0) is 4.79 Å². The Labute approximate surface area is 48.8 Å². The molecule has 1 unspecified atom stereocenters. The van der Waals surface area contributed by atoms with Crippen LogP contribution in [0, 0.1) is 0 Å². The van der Waals surface area contributed by atoms with Gasteiger partial charge in [-0.2, -0.15) is 0 Å². The average molecular weight is 114 g/mol. The maximum atomic E-state index is 9.97. The van der Waals surface area contributed by atoms with Crippen molar-refractivity contribution >= 4 is 12.5 Å². The molecule has 0 saturated carbocycles. The Bertz CT molecular complexity index is 90.4. The minimum absolute atomic E-state index is 0.222. The summed E-state index contributed by atoms with van der Waals surface area (Å²) in [6.07, 6.45) is 2.35. The van der Waals surface area contributed by atoms with Crippen molar-refractivity contribution < 1.29 is 4.79 Å².